The summed E-state index contributed by atoms with van der Waals surface area (Å²) in [6.45, 7) is 1.29. The van der Waals surface area contributed by atoms with Gasteiger partial charge in [0.05, 0.1) is 0 Å². The molecule has 1 heterocycles. The van der Waals surface area contributed by atoms with Gasteiger partial charge in [0.2, 0.25) is 0 Å². The molecule has 5 heteroatoms. The molecule has 0 spiro atoms. The Kier molecular flexibility index (Phi) is 4.46. The van der Waals surface area contributed by atoms with Gasteiger partial charge < -0.3 is 15.2 Å². The number of hydrogen-bond donors (Lipinski definition) is 2. The Bertz CT molecular complexity index is 730. The Balaban J connectivity index is 1.66. The molecule has 0 saturated heterocycles. The highest BCUT2D eigenvalue weighted by Gasteiger charge is 2.14. The first-order chi connectivity index (χ1) is 11.1. The van der Waals surface area contributed by atoms with Crippen molar-refractivity contribution in [2.75, 3.05) is 11.9 Å². The molecule has 2 N–H and O–H groups in total. The maximum Gasteiger partial charge on any atom is 0.303 e. The molecule has 0 amide bonds. The molecule has 0 saturated carbocycles. The molecule has 2 aromatic carbocycles. The van der Waals surface area contributed by atoms with Gasteiger partial charge in [0, 0.05) is 30.3 Å². The summed E-state index contributed by atoms with van der Waals surface area (Å²) in [6, 6.07) is 10.7. The Morgan fingerprint density at radius 2 is 2.13 bits per heavy atom. The number of aliphatic carboxylic acids is 1. The van der Waals surface area contributed by atoms with Crippen molar-refractivity contribution in [3.05, 3.63) is 58.9 Å². The first-order valence-electron chi connectivity index (χ1n) is 7.61. The molecular formula is C18H18FNO3. The van der Waals surface area contributed by atoms with Gasteiger partial charge >= 0.3 is 5.97 Å². The fourth-order valence-electron chi connectivity index (χ4n) is 2.75. The fraction of sp³-hybridized carbons (Fsp3) is 0.278. The third kappa shape index (κ3) is 3.62. The average molecular weight is 315 g/mol. The topological polar surface area (TPSA) is 58.6 Å². The average Bonchev–Trinajstić information content (AvgIpc) is 3.01. The predicted molar refractivity (Wildman–Crippen MR) is 85.3 cm³/mol. The zero-order chi connectivity index (χ0) is 16.2. The van der Waals surface area contributed by atoms with Crippen molar-refractivity contribution in [1.82, 2.24) is 0 Å². The molecule has 0 aromatic heterocycles. The van der Waals surface area contributed by atoms with Gasteiger partial charge in [0.15, 0.2) is 0 Å². The van der Waals surface area contributed by atoms with Gasteiger partial charge in [-0.3, -0.25) is 4.79 Å². The van der Waals surface area contributed by atoms with E-state index in [1.54, 1.807) is 12.1 Å². The highest BCUT2D eigenvalue weighted by atomic mass is 19.1. The Hall–Kier alpha value is -2.56. The lowest BCUT2D eigenvalue weighted by Gasteiger charge is -2.11. The van der Waals surface area contributed by atoms with E-state index in [4.69, 9.17) is 9.84 Å². The largest absolute Gasteiger partial charge is 0.489 e. The summed E-state index contributed by atoms with van der Waals surface area (Å²) in [7, 11) is 0. The van der Waals surface area contributed by atoms with Gasteiger partial charge in [-0.2, -0.15) is 0 Å². The summed E-state index contributed by atoms with van der Waals surface area (Å²) in [5, 5.41) is 12.0. The second kappa shape index (κ2) is 6.69. The minimum Gasteiger partial charge on any atom is -0.489 e. The number of aryl methyl sites for hydroxylation is 1. The van der Waals surface area contributed by atoms with Crippen LogP contribution in [0.4, 0.5) is 10.1 Å². The molecule has 23 heavy (non-hydrogen) atoms. The molecule has 1 aliphatic rings. The molecule has 0 bridgehead atoms. The molecule has 2 aromatic rings. The zero-order valence-electron chi connectivity index (χ0n) is 12.6. The summed E-state index contributed by atoms with van der Waals surface area (Å²) in [5.41, 5.74) is 3.84. The highest BCUT2D eigenvalue weighted by molar-refractivity contribution is 5.67. The summed E-state index contributed by atoms with van der Waals surface area (Å²) in [6.07, 6.45) is 1.10. The van der Waals surface area contributed by atoms with E-state index < -0.39 is 11.8 Å². The molecule has 3 rings (SSSR count). The molecule has 120 valence electrons. The summed E-state index contributed by atoms with van der Waals surface area (Å²) < 4.78 is 19.6. The maximum absolute atomic E-state index is 14.0. The van der Waals surface area contributed by atoms with Crippen LogP contribution in [-0.4, -0.2) is 17.6 Å². The van der Waals surface area contributed by atoms with Gasteiger partial charge in [0.1, 0.15) is 18.2 Å². The van der Waals surface area contributed by atoms with Crippen LogP contribution in [0, 0.1) is 5.82 Å². The molecule has 1 aliphatic heterocycles. The quantitative estimate of drug-likeness (QED) is 0.858. The summed E-state index contributed by atoms with van der Waals surface area (Å²) in [5.74, 6) is -0.924. The van der Waals surface area contributed by atoms with E-state index in [2.05, 4.69) is 11.4 Å². The third-order valence-corrected chi connectivity index (χ3v) is 3.96. The monoisotopic (exact) mass is 315 g/mol. The van der Waals surface area contributed by atoms with E-state index in [0.29, 0.717) is 17.9 Å². The lowest BCUT2D eigenvalue weighted by molar-refractivity contribution is -0.136. The van der Waals surface area contributed by atoms with Crippen LogP contribution in [0.15, 0.2) is 36.4 Å². The van der Waals surface area contributed by atoms with E-state index in [0.717, 1.165) is 24.2 Å². The lowest BCUT2D eigenvalue weighted by atomic mass is 10.1. The first-order valence-corrected chi connectivity index (χ1v) is 7.61. The van der Waals surface area contributed by atoms with Gasteiger partial charge in [-0.1, -0.05) is 24.3 Å². The molecule has 0 radical (unpaired) electrons. The van der Waals surface area contributed by atoms with E-state index in [1.807, 2.05) is 12.1 Å². The number of nitrogens with one attached hydrogen (secondary N) is 1. The maximum atomic E-state index is 14.0. The SMILES string of the molecule is O=C(O)CCc1ccc(OCc2cccc3c2NCC3)cc1F. The van der Waals surface area contributed by atoms with Crippen molar-refractivity contribution in [3.63, 3.8) is 0 Å². The number of ether oxygens (including phenoxy) is 1. The smallest absolute Gasteiger partial charge is 0.303 e. The Morgan fingerprint density at radius 1 is 1.26 bits per heavy atom. The summed E-state index contributed by atoms with van der Waals surface area (Å²) in [4.78, 5) is 10.6. The van der Waals surface area contributed by atoms with Crippen molar-refractivity contribution in [1.29, 1.82) is 0 Å². The number of hydrogen-bond acceptors (Lipinski definition) is 3. The van der Waals surface area contributed by atoms with Crippen LogP contribution in [0.2, 0.25) is 0 Å². The predicted octanol–water partition coefficient (Wildman–Crippen LogP) is 3.39. The van der Waals surface area contributed by atoms with Gasteiger partial charge in [0.25, 0.3) is 0 Å². The van der Waals surface area contributed by atoms with Crippen LogP contribution in [-0.2, 0) is 24.2 Å². The normalized spacial score (nSPS) is 12.6. The number of carboxylic acid groups (broad SMARTS) is 1. The minimum atomic E-state index is -0.935. The van der Waals surface area contributed by atoms with Crippen molar-refractivity contribution >= 4 is 11.7 Å². The first kappa shape index (κ1) is 15.3. The van der Waals surface area contributed by atoms with Crippen LogP contribution < -0.4 is 10.1 Å². The van der Waals surface area contributed by atoms with Crippen LogP contribution >= 0.6 is 0 Å². The van der Waals surface area contributed by atoms with Crippen LogP contribution in [0.1, 0.15) is 23.1 Å². The van der Waals surface area contributed by atoms with E-state index in [-0.39, 0.29) is 12.8 Å². The second-order valence-electron chi connectivity index (χ2n) is 5.56. The van der Waals surface area contributed by atoms with Crippen molar-refractivity contribution in [2.24, 2.45) is 0 Å². The van der Waals surface area contributed by atoms with Crippen LogP contribution in [0.5, 0.6) is 5.75 Å². The third-order valence-electron chi connectivity index (χ3n) is 3.96. The highest BCUT2D eigenvalue weighted by Crippen LogP contribution is 2.27. The van der Waals surface area contributed by atoms with Crippen molar-refractivity contribution in [3.8, 4) is 5.75 Å². The molecule has 0 aliphatic carbocycles. The molecule has 0 unspecified atom stereocenters. The molecule has 0 atom stereocenters. The van der Waals surface area contributed by atoms with Crippen molar-refractivity contribution in [2.45, 2.75) is 25.9 Å². The van der Waals surface area contributed by atoms with E-state index in [9.17, 15) is 9.18 Å². The molecule has 4 nitrogen and oxygen atoms in total. The Labute approximate surface area is 133 Å². The Morgan fingerprint density at radius 3 is 2.91 bits per heavy atom. The van der Waals surface area contributed by atoms with Gasteiger partial charge in [-0.05, 0) is 30.0 Å². The van der Waals surface area contributed by atoms with E-state index in [1.165, 1.54) is 11.6 Å². The molecule has 0 fully saturated rings. The molecular weight excluding hydrogens is 297 g/mol. The number of para-hydroxylation sites is 1. The second-order valence-corrected chi connectivity index (χ2v) is 5.56. The number of benzene rings is 2. The number of fused-ring (bicyclic) bond motifs is 1. The minimum absolute atomic E-state index is 0.0844. The van der Waals surface area contributed by atoms with E-state index >= 15 is 0 Å². The van der Waals surface area contributed by atoms with Gasteiger partial charge in [-0.15, -0.1) is 0 Å². The van der Waals surface area contributed by atoms with Crippen LogP contribution in [0.3, 0.4) is 0 Å². The standard InChI is InChI=1S/C18H18FNO3/c19-16-10-15(6-4-12(16)5-7-17(21)22)23-11-14-3-1-2-13-8-9-20-18(13)14/h1-4,6,10,20H,5,7-9,11H2,(H,21,22). The zero-order valence-corrected chi connectivity index (χ0v) is 12.6. The number of rotatable bonds is 6. The summed E-state index contributed by atoms with van der Waals surface area (Å²) >= 11 is 0. The van der Waals surface area contributed by atoms with Crippen molar-refractivity contribution < 1.29 is 19.0 Å². The number of anilines is 1. The number of carboxylic acids is 1. The van der Waals surface area contributed by atoms with Gasteiger partial charge in [-0.25, -0.2) is 4.39 Å². The lowest BCUT2D eigenvalue weighted by Crippen LogP contribution is -2.02. The number of carbonyl (C=O) groups is 1. The van der Waals surface area contributed by atoms with Crippen LogP contribution in [0.25, 0.3) is 0 Å². The fourth-order valence-corrected chi connectivity index (χ4v) is 2.75. The number of halogens is 1.